The number of aliphatic hydroxyl groups excluding tert-OH is 3. The molecule has 148 valence electrons. The van der Waals surface area contributed by atoms with E-state index in [2.05, 4.69) is 9.97 Å². The van der Waals surface area contributed by atoms with E-state index in [4.69, 9.17) is 4.74 Å². The molecule has 5 unspecified atom stereocenters. The zero-order valence-corrected chi connectivity index (χ0v) is 14.5. The molecule has 5 atom stereocenters. The van der Waals surface area contributed by atoms with E-state index in [0.717, 1.165) is 24.4 Å². The molecule has 1 aliphatic rings. The van der Waals surface area contributed by atoms with E-state index in [0.29, 0.717) is 5.69 Å². The van der Waals surface area contributed by atoms with Crippen LogP contribution >= 0.6 is 0 Å². The third kappa shape index (κ3) is 2.85. The fraction of sp³-hybridized carbons (Fsp3) is 0.333. The summed E-state index contributed by atoms with van der Waals surface area (Å²) in [6, 6.07) is 2.74. The highest BCUT2D eigenvalue weighted by Crippen LogP contribution is 2.38. The van der Waals surface area contributed by atoms with Crippen LogP contribution in [0.5, 0.6) is 0 Å². The zero-order chi connectivity index (χ0) is 20.2. The van der Waals surface area contributed by atoms with Crippen molar-refractivity contribution < 1.29 is 33.2 Å². The maximum atomic E-state index is 14.3. The van der Waals surface area contributed by atoms with Crippen molar-refractivity contribution in [3.8, 4) is 0 Å². The Labute approximate surface area is 156 Å². The molecule has 1 fully saturated rings. The van der Waals surface area contributed by atoms with Gasteiger partial charge in [0.05, 0.1) is 11.1 Å². The second-order valence-electron chi connectivity index (χ2n) is 6.63. The quantitative estimate of drug-likeness (QED) is 0.622. The predicted octanol–water partition coefficient (Wildman–Crippen LogP) is 1.51. The smallest absolute Gasteiger partial charge is 0.164 e. The summed E-state index contributed by atoms with van der Waals surface area (Å²) in [5.74, 6) is -2.90. The van der Waals surface area contributed by atoms with E-state index in [1.807, 2.05) is 0 Å². The van der Waals surface area contributed by atoms with Crippen molar-refractivity contribution >= 4 is 11.0 Å². The van der Waals surface area contributed by atoms with Crippen LogP contribution in [-0.2, 0) is 4.74 Å². The summed E-state index contributed by atoms with van der Waals surface area (Å²) in [4.78, 5) is 7.92. The molecule has 0 radical (unpaired) electrons. The molecule has 1 aromatic carbocycles. The number of halogens is 3. The summed E-state index contributed by atoms with van der Waals surface area (Å²) >= 11 is 0. The van der Waals surface area contributed by atoms with E-state index in [-0.39, 0.29) is 16.6 Å². The van der Waals surface area contributed by atoms with Crippen molar-refractivity contribution in [3.63, 3.8) is 0 Å². The van der Waals surface area contributed by atoms with E-state index >= 15 is 0 Å². The summed E-state index contributed by atoms with van der Waals surface area (Å²) in [5, 5.41) is 31.3. The molecule has 0 saturated carbocycles. The second kappa shape index (κ2) is 6.82. The third-order valence-corrected chi connectivity index (χ3v) is 4.90. The number of aromatic nitrogens is 3. The molecule has 3 aromatic rings. The molecule has 0 amide bonds. The average Bonchev–Trinajstić information content (AvgIpc) is 3.15. The third-order valence-electron chi connectivity index (χ3n) is 4.90. The van der Waals surface area contributed by atoms with E-state index in [1.165, 1.54) is 10.9 Å². The summed E-state index contributed by atoms with van der Waals surface area (Å²) in [6.07, 6.45) is -5.02. The first kappa shape index (κ1) is 18.8. The zero-order valence-electron chi connectivity index (χ0n) is 14.5. The Hall–Kier alpha value is -2.53. The number of hydrogen-bond acceptors (Lipinski definition) is 6. The van der Waals surface area contributed by atoms with Gasteiger partial charge in [-0.05, 0) is 24.6 Å². The van der Waals surface area contributed by atoms with Gasteiger partial charge in [-0.3, -0.25) is 0 Å². The van der Waals surface area contributed by atoms with Crippen LogP contribution in [0.3, 0.4) is 0 Å². The molecule has 2 aromatic heterocycles. The largest absolute Gasteiger partial charge is 0.387 e. The Morgan fingerprint density at radius 1 is 1.07 bits per heavy atom. The van der Waals surface area contributed by atoms with Crippen LogP contribution in [0, 0.1) is 24.4 Å². The van der Waals surface area contributed by atoms with Crippen molar-refractivity contribution in [1.82, 2.24) is 14.5 Å². The van der Waals surface area contributed by atoms with Gasteiger partial charge in [-0.1, -0.05) is 6.07 Å². The molecule has 4 rings (SSSR count). The Bertz CT molecular complexity index is 1040. The number of aliphatic hydroxyl groups is 3. The highest BCUT2D eigenvalue weighted by Gasteiger charge is 2.47. The van der Waals surface area contributed by atoms with Gasteiger partial charge in [-0.15, -0.1) is 0 Å². The van der Waals surface area contributed by atoms with Gasteiger partial charge in [0.25, 0.3) is 0 Å². The van der Waals surface area contributed by atoms with Gasteiger partial charge >= 0.3 is 0 Å². The van der Waals surface area contributed by atoms with Crippen molar-refractivity contribution in [3.05, 3.63) is 59.4 Å². The number of hydrogen-bond donors (Lipinski definition) is 3. The average molecular weight is 395 g/mol. The van der Waals surface area contributed by atoms with Crippen LogP contribution in [0.15, 0.2) is 30.7 Å². The fourth-order valence-corrected chi connectivity index (χ4v) is 3.44. The molecule has 7 nitrogen and oxygen atoms in total. The van der Waals surface area contributed by atoms with Gasteiger partial charge in [0.1, 0.15) is 36.4 Å². The lowest BCUT2D eigenvalue weighted by Gasteiger charge is -2.21. The molecule has 0 spiro atoms. The van der Waals surface area contributed by atoms with Crippen molar-refractivity contribution in [2.24, 2.45) is 0 Å². The Morgan fingerprint density at radius 2 is 1.82 bits per heavy atom. The number of aryl methyl sites for hydroxylation is 1. The first-order valence-electron chi connectivity index (χ1n) is 8.42. The van der Waals surface area contributed by atoms with Crippen molar-refractivity contribution in [2.45, 2.75) is 37.6 Å². The fourth-order valence-electron chi connectivity index (χ4n) is 3.44. The molecular formula is C18H16F3N3O4. The van der Waals surface area contributed by atoms with Crippen molar-refractivity contribution in [2.75, 3.05) is 0 Å². The first-order valence-corrected chi connectivity index (χ1v) is 8.42. The lowest BCUT2D eigenvalue weighted by molar-refractivity contribution is -0.0850. The van der Waals surface area contributed by atoms with Gasteiger partial charge in [0.2, 0.25) is 0 Å². The number of rotatable bonds is 3. The maximum Gasteiger partial charge on any atom is 0.164 e. The Balaban J connectivity index is 1.69. The topological polar surface area (TPSA) is 101 Å². The molecule has 10 heteroatoms. The molecule has 1 aliphatic heterocycles. The number of ether oxygens (including phenoxy) is 1. The van der Waals surface area contributed by atoms with E-state index < -0.39 is 48.1 Å². The van der Waals surface area contributed by atoms with E-state index in [9.17, 15) is 28.5 Å². The lowest BCUT2D eigenvalue weighted by atomic mass is 9.99. The molecule has 3 N–H and O–H groups in total. The van der Waals surface area contributed by atoms with Gasteiger partial charge in [0, 0.05) is 6.20 Å². The van der Waals surface area contributed by atoms with Crippen molar-refractivity contribution in [1.29, 1.82) is 0 Å². The number of benzene rings is 1. The SMILES string of the molecule is Cc1ncnc2c1c(F)cn2C1OC(C(O)c2ccc(F)c(F)c2)C(O)C1O. The van der Waals surface area contributed by atoms with Gasteiger partial charge < -0.3 is 24.6 Å². The molecule has 0 bridgehead atoms. The molecule has 1 saturated heterocycles. The molecule has 0 aliphatic carbocycles. The van der Waals surface area contributed by atoms with Gasteiger partial charge in [-0.25, -0.2) is 23.1 Å². The highest BCUT2D eigenvalue weighted by atomic mass is 19.2. The summed E-state index contributed by atoms with van der Waals surface area (Å²) in [5.41, 5.74) is 0.481. The minimum atomic E-state index is -1.57. The number of nitrogens with zero attached hydrogens (tertiary/aromatic N) is 3. The Morgan fingerprint density at radius 3 is 2.54 bits per heavy atom. The van der Waals surface area contributed by atoms with Crippen LogP contribution in [0.2, 0.25) is 0 Å². The van der Waals surface area contributed by atoms with Crippen LogP contribution < -0.4 is 0 Å². The predicted molar refractivity (Wildman–Crippen MR) is 89.5 cm³/mol. The lowest BCUT2D eigenvalue weighted by Crippen LogP contribution is -2.34. The van der Waals surface area contributed by atoms with Crippen LogP contribution in [0.1, 0.15) is 23.6 Å². The molecule has 3 heterocycles. The Kier molecular flexibility index (Phi) is 4.58. The van der Waals surface area contributed by atoms with Gasteiger partial charge in [-0.2, -0.15) is 0 Å². The van der Waals surface area contributed by atoms with Crippen LogP contribution in [0.4, 0.5) is 13.2 Å². The summed E-state index contributed by atoms with van der Waals surface area (Å²) in [6.45, 7) is 1.59. The van der Waals surface area contributed by atoms with E-state index in [1.54, 1.807) is 6.92 Å². The maximum absolute atomic E-state index is 14.3. The summed E-state index contributed by atoms with van der Waals surface area (Å²) < 4.78 is 47.7. The highest BCUT2D eigenvalue weighted by molar-refractivity contribution is 5.79. The van der Waals surface area contributed by atoms with Gasteiger partial charge in [0.15, 0.2) is 23.7 Å². The van der Waals surface area contributed by atoms with Crippen LogP contribution in [-0.4, -0.2) is 48.2 Å². The minimum absolute atomic E-state index is 0.0440. The van der Waals surface area contributed by atoms with Crippen LogP contribution in [0.25, 0.3) is 11.0 Å². The minimum Gasteiger partial charge on any atom is -0.387 e. The monoisotopic (exact) mass is 395 g/mol. The second-order valence-corrected chi connectivity index (χ2v) is 6.63. The first-order chi connectivity index (χ1) is 13.3. The molecule has 28 heavy (non-hydrogen) atoms. The number of fused-ring (bicyclic) bond motifs is 1. The molecular weight excluding hydrogens is 379 g/mol. The standard InChI is InChI=1S/C18H16F3N3O4/c1-7-12-11(21)5-24(17(12)23-6-22-7)18-15(27)14(26)16(28-18)13(25)8-2-3-9(19)10(20)4-8/h2-6,13-16,18,25-27H,1H3. The normalized spacial score (nSPS) is 26.1. The summed E-state index contributed by atoms with van der Waals surface area (Å²) in [7, 11) is 0.